The fourth-order valence-electron chi connectivity index (χ4n) is 3.14. The Labute approximate surface area is 140 Å². The minimum atomic E-state index is -0.710. The average molecular weight is 312 g/mol. The van der Waals surface area contributed by atoms with E-state index >= 15 is 0 Å². The van der Waals surface area contributed by atoms with Gasteiger partial charge >= 0.3 is 0 Å². The second-order valence-electron chi connectivity index (χ2n) is 6.82. The topological polar surface area (TPSA) is 63.7 Å². The molecule has 1 aromatic heterocycles. The minimum absolute atomic E-state index is 0.178. The van der Waals surface area contributed by atoms with E-state index in [1.54, 1.807) is 6.20 Å². The third kappa shape index (κ3) is 5.05. The molecule has 0 bridgehead atoms. The highest BCUT2D eigenvalue weighted by atomic mass is 15.2. The molecular weight excluding hydrogens is 284 g/mol. The molecule has 0 fully saturated rings. The van der Waals surface area contributed by atoms with Gasteiger partial charge in [-0.15, -0.1) is 0 Å². The molecule has 0 amide bonds. The molecule has 2 unspecified atom stereocenters. The van der Waals surface area contributed by atoms with Gasteiger partial charge in [-0.05, 0) is 59.6 Å². The van der Waals surface area contributed by atoms with Crippen LogP contribution in [0.2, 0.25) is 0 Å². The van der Waals surface area contributed by atoms with E-state index in [9.17, 15) is 10.5 Å². The van der Waals surface area contributed by atoms with Crippen molar-refractivity contribution in [1.82, 2.24) is 9.88 Å². The van der Waals surface area contributed by atoms with Crippen LogP contribution in [0.5, 0.6) is 0 Å². The van der Waals surface area contributed by atoms with Crippen molar-refractivity contribution < 1.29 is 0 Å². The molecule has 0 saturated carbocycles. The van der Waals surface area contributed by atoms with Crippen molar-refractivity contribution in [2.24, 2.45) is 5.92 Å². The Kier molecular flexibility index (Phi) is 7.20. The largest absolute Gasteiger partial charge is 0.298 e. The molecule has 0 aromatic carbocycles. The third-order valence-corrected chi connectivity index (χ3v) is 4.37. The molecule has 4 nitrogen and oxygen atoms in total. The first-order chi connectivity index (χ1) is 10.9. The van der Waals surface area contributed by atoms with Gasteiger partial charge in [0.15, 0.2) is 0 Å². The van der Waals surface area contributed by atoms with E-state index in [2.05, 4.69) is 49.7 Å². The van der Waals surface area contributed by atoms with Crippen molar-refractivity contribution in [1.29, 1.82) is 10.5 Å². The maximum absolute atomic E-state index is 9.95. The summed E-state index contributed by atoms with van der Waals surface area (Å²) in [5.74, 6) is -0.178. The standard InChI is InChI=1S/C19H28N4/c1-15(2)23(16(3)4)11-9-19(14-21,12-17(5)13-20)18-8-6-7-10-22-18/h6-8,10,15-17H,9,11-12H2,1-5H3. The second kappa shape index (κ2) is 8.65. The monoisotopic (exact) mass is 312 g/mol. The molecule has 1 aromatic rings. The summed E-state index contributed by atoms with van der Waals surface area (Å²) in [6.07, 6.45) is 2.92. The average Bonchev–Trinajstić information content (AvgIpc) is 2.53. The highest BCUT2D eigenvalue weighted by molar-refractivity contribution is 5.27. The van der Waals surface area contributed by atoms with Crippen LogP contribution < -0.4 is 0 Å². The van der Waals surface area contributed by atoms with E-state index in [-0.39, 0.29) is 5.92 Å². The molecule has 1 rings (SSSR count). The Morgan fingerprint density at radius 1 is 1.13 bits per heavy atom. The number of hydrogen-bond acceptors (Lipinski definition) is 4. The number of hydrogen-bond donors (Lipinski definition) is 0. The lowest BCUT2D eigenvalue weighted by molar-refractivity contribution is 0.159. The molecule has 0 spiro atoms. The van der Waals surface area contributed by atoms with Gasteiger partial charge in [-0.2, -0.15) is 10.5 Å². The third-order valence-electron chi connectivity index (χ3n) is 4.37. The molecule has 1 heterocycles. The van der Waals surface area contributed by atoms with Crippen LogP contribution in [-0.4, -0.2) is 28.5 Å². The SMILES string of the molecule is CC(C#N)CC(C#N)(CCN(C(C)C)C(C)C)c1ccccn1. The first-order valence-corrected chi connectivity index (χ1v) is 8.34. The first-order valence-electron chi connectivity index (χ1n) is 8.34. The number of aromatic nitrogens is 1. The van der Waals surface area contributed by atoms with Gasteiger partial charge in [-0.3, -0.25) is 9.88 Å². The number of pyridine rings is 1. The molecule has 0 aliphatic rings. The normalized spacial score (nSPS) is 15.2. The summed E-state index contributed by atoms with van der Waals surface area (Å²) >= 11 is 0. The van der Waals surface area contributed by atoms with Gasteiger partial charge in [0.25, 0.3) is 0 Å². The van der Waals surface area contributed by atoms with Gasteiger partial charge in [0, 0.05) is 30.7 Å². The van der Waals surface area contributed by atoms with Gasteiger partial charge in [0.1, 0.15) is 5.41 Å². The number of nitrogens with zero attached hydrogens (tertiary/aromatic N) is 4. The van der Waals surface area contributed by atoms with Crippen molar-refractivity contribution in [2.45, 2.75) is 65.0 Å². The van der Waals surface area contributed by atoms with Gasteiger partial charge < -0.3 is 0 Å². The van der Waals surface area contributed by atoms with Crippen LogP contribution in [0.15, 0.2) is 24.4 Å². The van der Waals surface area contributed by atoms with Gasteiger partial charge in [0.05, 0.1) is 17.8 Å². The molecule has 0 radical (unpaired) electrons. The van der Waals surface area contributed by atoms with E-state index in [0.29, 0.717) is 24.9 Å². The van der Waals surface area contributed by atoms with Crippen LogP contribution in [0.3, 0.4) is 0 Å². The Balaban J connectivity index is 3.10. The molecule has 0 aliphatic heterocycles. The lowest BCUT2D eigenvalue weighted by Crippen LogP contribution is -2.41. The van der Waals surface area contributed by atoms with Crippen molar-refractivity contribution in [3.05, 3.63) is 30.1 Å². The van der Waals surface area contributed by atoms with E-state index < -0.39 is 5.41 Å². The Hall–Kier alpha value is -1.91. The summed E-state index contributed by atoms with van der Waals surface area (Å²) in [7, 11) is 0. The summed E-state index contributed by atoms with van der Waals surface area (Å²) in [4.78, 5) is 6.81. The van der Waals surface area contributed by atoms with E-state index in [4.69, 9.17) is 0 Å². The molecule has 0 saturated heterocycles. The van der Waals surface area contributed by atoms with Crippen LogP contribution in [0.25, 0.3) is 0 Å². The van der Waals surface area contributed by atoms with Crippen molar-refractivity contribution in [2.75, 3.05) is 6.54 Å². The van der Waals surface area contributed by atoms with Gasteiger partial charge in [-0.1, -0.05) is 6.07 Å². The maximum atomic E-state index is 9.95. The molecule has 0 aliphatic carbocycles. The quantitative estimate of drug-likeness (QED) is 0.730. The first kappa shape index (κ1) is 19.1. The van der Waals surface area contributed by atoms with Crippen molar-refractivity contribution in [3.8, 4) is 12.1 Å². The van der Waals surface area contributed by atoms with Gasteiger partial charge in [0.2, 0.25) is 0 Å². The second-order valence-corrected chi connectivity index (χ2v) is 6.82. The Morgan fingerprint density at radius 3 is 2.22 bits per heavy atom. The summed E-state index contributed by atoms with van der Waals surface area (Å²) in [6.45, 7) is 11.4. The van der Waals surface area contributed by atoms with E-state index in [1.165, 1.54) is 0 Å². The van der Waals surface area contributed by atoms with E-state index in [0.717, 1.165) is 12.2 Å². The predicted octanol–water partition coefficient (Wildman–Crippen LogP) is 3.90. The summed E-state index contributed by atoms with van der Waals surface area (Å²) in [6, 6.07) is 11.3. The van der Waals surface area contributed by atoms with Crippen LogP contribution in [0.1, 0.15) is 53.2 Å². The highest BCUT2D eigenvalue weighted by Gasteiger charge is 2.36. The summed E-state index contributed by atoms with van der Waals surface area (Å²) < 4.78 is 0. The number of rotatable bonds is 8. The zero-order chi connectivity index (χ0) is 17.5. The van der Waals surface area contributed by atoms with Crippen molar-refractivity contribution in [3.63, 3.8) is 0 Å². The summed E-state index contributed by atoms with van der Waals surface area (Å²) in [5.41, 5.74) is 0.0652. The van der Waals surface area contributed by atoms with Crippen LogP contribution in [0, 0.1) is 28.6 Å². The highest BCUT2D eigenvalue weighted by Crippen LogP contribution is 2.33. The van der Waals surface area contributed by atoms with Crippen LogP contribution in [0.4, 0.5) is 0 Å². The molecule has 4 heteroatoms. The molecule has 124 valence electrons. The van der Waals surface area contributed by atoms with E-state index in [1.807, 2.05) is 25.1 Å². The zero-order valence-electron chi connectivity index (χ0n) is 15.0. The zero-order valence-corrected chi connectivity index (χ0v) is 15.0. The minimum Gasteiger partial charge on any atom is -0.298 e. The Morgan fingerprint density at radius 2 is 1.78 bits per heavy atom. The van der Waals surface area contributed by atoms with Gasteiger partial charge in [-0.25, -0.2) is 0 Å². The molecular formula is C19H28N4. The lowest BCUT2D eigenvalue weighted by Gasteiger charge is -2.35. The lowest BCUT2D eigenvalue weighted by atomic mass is 9.75. The van der Waals surface area contributed by atoms with Crippen molar-refractivity contribution >= 4 is 0 Å². The maximum Gasteiger partial charge on any atom is 0.102 e. The predicted molar refractivity (Wildman–Crippen MR) is 92.5 cm³/mol. The molecule has 23 heavy (non-hydrogen) atoms. The number of nitriles is 2. The van der Waals surface area contributed by atoms with Crippen LogP contribution in [-0.2, 0) is 5.41 Å². The Bertz CT molecular complexity index is 545. The fraction of sp³-hybridized carbons (Fsp3) is 0.632. The van der Waals surface area contributed by atoms with Crippen LogP contribution >= 0.6 is 0 Å². The molecule has 0 N–H and O–H groups in total. The fourth-order valence-corrected chi connectivity index (χ4v) is 3.14. The smallest absolute Gasteiger partial charge is 0.102 e. The summed E-state index contributed by atoms with van der Waals surface area (Å²) in [5, 5.41) is 19.2. The molecule has 2 atom stereocenters.